The van der Waals surface area contributed by atoms with Crippen molar-refractivity contribution in [2.75, 3.05) is 20.3 Å². The minimum atomic E-state index is -0.609. The van der Waals surface area contributed by atoms with E-state index >= 15 is 0 Å². The molecule has 0 bridgehead atoms. The van der Waals surface area contributed by atoms with Crippen molar-refractivity contribution in [2.45, 2.75) is 38.6 Å². The van der Waals surface area contributed by atoms with Crippen LogP contribution >= 0.6 is 0 Å². The molecule has 0 saturated carbocycles. The van der Waals surface area contributed by atoms with Crippen LogP contribution in [0.25, 0.3) is 11.3 Å². The molecule has 6 heteroatoms. The Morgan fingerprint density at radius 3 is 2.66 bits per heavy atom. The average molecular weight is 395 g/mol. The maximum atomic E-state index is 12.6. The first kappa shape index (κ1) is 19.3. The summed E-state index contributed by atoms with van der Waals surface area (Å²) in [6.45, 7) is 6.93. The fourth-order valence-electron chi connectivity index (χ4n) is 4.00. The fraction of sp³-hybridized carbons (Fsp3) is 0.391. The van der Waals surface area contributed by atoms with Crippen molar-refractivity contribution >= 4 is 5.97 Å². The summed E-state index contributed by atoms with van der Waals surface area (Å²) in [7, 11) is 1.29. The maximum absolute atomic E-state index is 12.6. The zero-order chi connectivity index (χ0) is 20.5. The van der Waals surface area contributed by atoms with Crippen LogP contribution in [-0.2, 0) is 11.2 Å². The molecular weight excluding hydrogens is 370 g/mol. The SMILES string of the molecule is C=C1COc2cc3c(cc2OC1)-c1cc(=O)c(C(=O)OC)cn1C(CCCC)C3. The van der Waals surface area contributed by atoms with Crippen LogP contribution in [0.5, 0.6) is 11.5 Å². The molecule has 1 atom stereocenters. The van der Waals surface area contributed by atoms with Crippen LogP contribution in [-0.4, -0.2) is 30.9 Å². The number of carbonyl (C=O) groups is 1. The van der Waals surface area contributed by atoms with Crippen molar-refractivity contribution in [1.82, 2.24) is 4.57 Å². The van der Waals surface area contributed by atoms with Gasteiger partial charge in [-0.3, -0.25) is 4.79 Å². The second kappa shape index (κ2) is 7.78. The van der Waals surface area contributed by atoms with Gasteiger partial charge in [0.25, 0.3) is 0 Å². The lowest BCUT2D eigenvalue weighted by Gasteiger charge is -2.31. The topological polar surface area (TPSA) is 66.8 Å². The number of nitrogens with zero attached hydrogens (tertiary/aromatic N) is 1. The van der Waals surface area contributed by atoms with Gasteiger partial charge in [-0.05, 0) is 36.1 Å². The molecule has 1 aromatic heterocycles. The summed E-state index contributed by atoms with van der Waals surface area (Å²) in [6.07, 6.45) is 5.54. The summed E-state index contributed by atoms with van der Waals surface area (Å²) < 4.78 is 18.6. The van der Waals surface area contributed by atoms with E-state index in [0.717, 1.165) is 48.1 Å². The van der Waals surface area contributed by atoms with Gasteiger partial charge in [0.1, 0.15) is 18.8 Å². The zero-order valence-corrected chi connectivity index (χ0v) is 16.8. The molecule has 3 heterocycles. The molecule has 2 aliphatic heterocycles. The van der Waals surface area contributed by atoms with E-state index in [9.17, 15) is 9.59 Å². The number of ether oxygens (including phenoxy) is 3. The largest absolute Gasteiger partial charge is 0.485 e. The smallest absolute Gasteiger partial charge is 0.343 e. The summed E-state index contributed by atoms with van der Waals surface area (Å²) in [5.41, 5.74) is 3.43. The molecule has 4 rings (SSSR count). The van der Waals surface area contributed by atoms with Crippen LogP contribution in [0.1, 0.15) is 48.1 Å². The average Bonchev–Trinajstić information content (AvgIpc) is 2.91. The fourth-order valence-corrected chi connectivity index (χ4v) is 4.00. The first-order valence-corrected chi connectivity index (χ1v) is 9.95. The monoisotopic (exact) mass is 395 g/mol. The molecule has 0 aliphatic carbocycles. The van der Waals surface area contributed by atoms with Crippen LogP contribution < -0.4 is 14.9 Å². The summed E-state index contributed by atoms with van der Waals surface area (Å²) in [5.74, 6) is 0.742. The molecule has 6 nitrogen and oxygen atoms in total. The van der Waals surface area contributed by atoms with Crippen molar-refractivity contribution in [3.05, 3.63) is 57.9 Å². The van der Waals surface area contributed by atoms with E-state index in [1.165, 1.54) is 13.2 Å². The minimum absolute atomic E-state index is 0.0619. The van der Waals surface area contributed by atoms with Gasteiger partial charge in [-0.25, -0.2) is 4.79 Å². The van der Waals surface area contributed by atoms with E-state index in [0.29, 0.717) is 24.7 Å². The molecule has 0 fully saturated rings. The van der Waals surface area contributed by atoms with Gasteiger partial charge >= 0.3 is 5.97 Å². The van der Waals surface area contributed by atoms with Gasteiger partial charge in [-0.1, -0.05) is 26.3 Å². The molecular formula is C23H25NO5. The number of benzene rings is 1. The Balaban J connectivity index is 1.86. The van der Waals surface area contributed by atoms with Crippen molar-refractivity contribution in [1.29, 1.82) is 0 Å². The van der Waals surface area contributed by atoms with Gasteiger partial charge in [0, 0.05) is 23.9 Å². The number of aromatic nitrogens is 1. The summed E-state index contributed by atoms with van der Waals surface area (Å²) in [5, 5.41) is 0. The highest BCUT2D eigenvalue weighted by atomic mass is 16.5. The number of hydrogen-bond acceptors (Lipinski definition) is 5. The number of hydrogen-bond donors (Lipinski definition) is 0. The Morgan fingerprint density at radius 2 is 1.97 bits per heavy atom. The molecule has 1 aromatic carbocycles. The second-order valence-corrected chi connectivity index (χ2v) is 7.62. The number of fused-ring (bicyclic) bond motifs is 4. The summed E-state index contributed by atoms with van der Waals surface area (Å²) in [4.78, 5) is 24.7. The van der Waals surface area contributed by atoms with E-state index in [1.807, 2.05) is 12.1 Å². The van der Waals surface area contributed by atoms with Crippen LogP contribution in [0.15, 0.2) is 41.3 Å². The third-order valence-corrected chi connectivity index (χ3v) is 5.53. The highest BCUT2D eigenvalue weighted by Gasteiger charge is 2.28. The molecule has 0 amide bonds. The van der Waals surface area contributed by atoms with Crippen molar-refractivity contribution in [3.8, 4) is 22.8 Å². The van der Waals surface area contributed by atoms with Gasteiger partial charge in [0.05, 0.1) is 12.8 Å². The van der Waals surface area contributed by atoms with Crippen LogP contribution in [0.2, 0.25) is 0 Å². The van der Waals surface area contributed by atoms with Crippen molar-refractivity contribution < 1.29 is 19.0 Å². The number of unbranched alkanes of at least 4 members (excludes halogenated alkanes) is 1. The predicted octanol–water partition coefficient (Wildman–Crippen LogP) is 3.92. The van der Waals surface area contributed by atoms with Gasteiger partial charge in [-0.2, -0.15) is 0 Å². The normalized spacial score (nSPS) is 17.2. The summed E-state index contributed by atoms with van der Waals surface area (Å²) >= 11 is 0. The number of rotatable bonds is 4. The Hall–Kier alpha value is -3.02. The Bertz CT molecular complexity index is 1040. The van der Waals surface area contributed by atoms with E-state index < -0.39 is 5.97 Å². The quantitative estimate of drug-likeness (QED) is 0.580. The lowest BCUT2D eigenvalue weighted by molar-refractivity contribution is 0.0598. The van der Waals surface area contributed by atoms with Crippen molar-refractivity contribution in [3.63, 3.8) is 0 Å². The molecule has 2 aliphatic rings. The lowest BCUT2D eigenvalue weighted by Crippen LogP contribution is -2.26. The van der Waals surface area contributed by atoms with E-state index in [-0.39, 0.29) is 17.0 Å². The highest BCUT2D eigenvalue weighted by Crippen LogP contribution is 2.43. The molecule has 0 spiro atoms. The van der Waals surface area contributed by atoms with Crippen LogP contribution in [0.4, 0.5) is 0 Å². The van der Waals surface area contributed by atoms with E-state index in [4.69, 9.17) is 14.2 Å². The summed E-state index contributed by atoms with van der Waals surface area (Å²) in [6, 6.07) is 5.64. The Kier molecular flexibility index (Phi) is 5.18. The first-order chi connectivity index (χ1) is 14.0. The molecule has 0 saturated heterocycles. The molecule has 0 N–H and O–H groups in total. The molecule has 0 radical (unpaired) electrons. The highest BCUT2D eigenvalue weighted by molar-refractivity contribution is 5.89. The first-order valence-electron chi connectivity index (χ1n) is 9.95. The predicted molar refractivity (Wildman–Crippen MR) is 110 cm³/mol. The van der Waals surface area contributed by atoms with Crippen molar-refractivity contribution in [2.24, 2.45) is 0 Å². The van der Waals surface area contributed by atoms with E-state index in [2.05, 4.69) is 18.1 Å². The number of methoxy groups -OCH3 is 1. The number of esters is 1. The third kappa shape index (κ3) is 3.55. The van der Waals surface area contributed by atoms with Crippen LogP contribution in [0.3, 0.4) is 0 Å². The standard InChI is InChI=1S/C23H25NO5/c1-4-5-6-16-7-15-8-21-22(29-13-14(2)12-28-21)9-17(15)19-10-20(25)18(11-24(16)19)23(26)27-3/h8-11,16H,2,4-7,12-13H2,1,3H3. The number of carbonyl (C=O) groups excluding carboxylic acids is 1. The Labute approximate surface area is 169 Å². The van der Waals surface area contributed by atoms with E-state index in [1.54, 1.807) is 6.20 Å². The molecule has 2 aromatic rings. The lowest BCUT2D eigenvalue weighted by atomic mass is 9.89. The minimum Gasteiger partial charge on any atom is -0.485 e. The third-order valence-electron chi connectivity index (χ3n) is 5.53. The van der Waals surface area contributed by atoms with Gasteiger partial charge in [0.2, 0.25) is 0 Å². The Morgan fingerprint density at radius 1 is 1.24 bits per heavy atom. The molecule has 152 valence electrons. The molecule has 1 unspecified atom stereocenters. The number of pyridine rings is 1. The molecule has 29 heavy (non-hydrogen) atoms. The van der Waals surface area contributed by atoms with Crippen LogP contribution in [0, 0.1) is 0 Å². The van der Waals surface area contributed by atoms with Gasteiger partial charge in [-0.15, -0.1) is 0 Å². The van der Waals surface area contributed by atoms with Gasteiger partial charge < -0.3 is 18.8 Å². The van der Waals surface area contributed by atoms with Gasteiger partial charge in [0.15, 0.2) is 16.9 Å². The maximum Gasteiger partial charge on any atom is 0.343 e. The second-order valence-electron chi connectivity index (χ2n) is 7.62. The zero-order valence-electron chi connectivity index (χ0n) is 16.8.